The molecule has 13 heteroatoms. The molecule has 1 atom stereocenters. The number of thiophene rings is 1. The van der Waals surface area contributed by atoms with Gasteiger partial charge in [-0.05, 0) is 62.9 Å². The fourth-order valence-corrected chi connectivity index (χ4v) is 7.82. The SMILES string of the molecule is CCNc1nc(NC2CCN(Cc3ccc4c(cc(C#N)n4C[C@H](C)N4CCNCC4)c3C)CC2)c2cc(CC(F)(F)F)sc2n1. The van der Waals surface area contributed by atoms with Crippen molar-refractivity contribution in [3.8, 4) is 6.07 Å². The molecule has 6 rings (SSSR count). The van der Waals surface area contributed by atoms with Gasteiger partial charge in [-0.25, -0.2) is 4.98 Å². The van der Waals surface area contributed by atoms with E-state index in [4.69, 9.17) is 0 Å². The minimum atomic E-state index is -4.27. The number of fused-ring (bicyclic) bond motifs is 2. The summed E-state index contributed by atoms with van der Waals surface area (Å²) in [6.07, 6.45) is -3.46. The smallest absolute Gasteiger partial charge is 0.367 e. The van der Waals surface area contributed by atoms with Gasteiger partial charge in [0.05, 0.1) is 11.8 Å². The molecule has 2 aliphatic heterocycles. The van der Waals surface area contributed by atoms with Gasteiger partial charge in [0.1, 0.15) is 22.4 Å². The summed E-state index contributed by atoms with van der Waals surface area (Å²) in [5.74, 6) is 1.02. The topological polar surface area (TPSA) is 97.1 Å². The number of anilines is 2. The van der Waals surface area contributed by atoms with Crippen LogP contribution in [0, 0.1) is 18.3 Å². The number of piperazine rings is 1. The molecule has 0 saturated carbocycles. The number of likely N-dealkylation sites (tertiary alicyclic amines) is 1. The first kappa shape index (κ1) is 32.5. The van der Waals surface area contributed by atoms with Crippen LogP contribution in [0.25, 0.3) is 21.1 Å². The zero-order chi connectivity index (χ0) is 32.4. The molecule has 0 radical (unpaired) electrons. The first-order valence-electron chi connectivity index (χ1n) is 16.2. The maximum absolute atomic E-state index is 13.1. The number of nitriles is 1. The van der Waals surface area contributed by atoms with Crippen molar-refractivity contribution < 1.29 is 13.2 Å². The molecule has 5 heterocycles. The van der Waals surface area contributed by atoms with Crippen LogP contribution in [0.2, 0.25) is 0 Å². The maximum atomic E-state index is 13.1. The molecule has 0 unspecified atom stereocenters. The molecular formula is C33H42F3N9S. The fourth-order valence-electron chi connectivity index (χ4n) is 6.76. The minimum Gasteiger partial charge on any atom is -0.367 e. The Hall–Kier alpha value is -3.44. The predicted octanol–water partition coefficient (Wildman–Crippen LogP) is 5.73. The normalized spacial score (nSPS) is 17.8. The summed E-state index contributed by atoms with van der Waals surface area (Å²) in [4.78, 5) is 14.8. The fraction of sp³-hybridized carbons (Fsp3) is 0.545. The third-order valence-corrected chi connectivity index (χ3v) is 10.3. The average molecular weight is 654 g/mol. The summed E-state index contributed by atoms with van der Waals surface area (Å²) < 4.78 is 41.5. The molecule has 2 fully saturated rings. The lowest BCUT2D eigenvalue weighted by Crippen LogP contribution is -2.48. The van der Waals surface area contributed by atoms with Crippen molar-refractivity contribution in [2.75, 3.05) is 56.4 Å². The maximum Gasteiger partial charge on any atom is 0.393 e. The number of benzene rings is 1. The molecule has 2 saturated heterocycles. The van der Waals surface area contributed by atoms with Gasteiger partial charge >= 0.3 is 6.18 Å². The number of halogens is 3. The van der Waals surface area contributed by atoms with Crippen molar-refractivity contribution in [3.05, 3.63) is 46.0 Å². The summed E-state index contributed by atoms with van der Waals surface area (Å²) in [5.41, 5.74) is 4.30. The molecule has 3 aromatic heterocycles. The van der Waals surface area contributed by atoms with Crippen molar-refractivity contribution in [2.24, 2.45) is 0 Å². The molecule has 0 spiro atoms. The number of hydrogen-bond donors (Lipinski definition) is 3. The van der Waals surface area contributed by atoms with Crippen LogP contribution in [0.1, 0.15) is 48.4 Å². The van der Waals surface area contributed by atoms with Gasteiger partial charge in [0.15, 0.2) is 0 Å². The second-order valence-corrected chi connectivity index (χ2v) is 13.6. The second-order valence-electron chi connectivity index (χ2n) is 12.5. The highest BCUT2D eigenvalue weighted by Gasteiger charge is 2.30. The van der Waals surface area contributed by atoms with Crippen LogP contribution in [0.5, 0.6) is 0 Å². The summed E-state index contributed by atoms with van der Waals surface area (Å²) in [6.45, 7) is 14.4. The number of hydrogen-bond acceptors (Lipinski definition) is 9. The van der Waals surface area contributed by atoms with E-state index in [0.717, 1.165) is 87.4 Å². The van der Waals surface area contributed by atoms with Gasteiger partial charge in [-0.15, -0.1) is 11.3 Å². The third kappa shape index (κ3) is 7.25. The largest absolute Gasteiger partial charge is 0.393 e. The van der Waals surface area contributed by atoms with Crippen LogP contribution in [-0.2, 0) is 19.5 Å². The standard InChI is InChI=1S/C33H42F3N9S/c1-4-39-32-41-30(28-16-26(17-33(34,35)36)46-31(28)42-32)40-24-7-11-43(12-8-24)20-23-5-6-29-27(22(23)3)15-25(18-37)45(29)19-21(2)44-13-9-38-10-14-44/h5-6,15-16,21,24,38H,4,7-14,17,19-20H2,1-3H3,(H2,39,40,41,42)/t21-/m0/s1. The van der Waals surface area contributed by atoms with Crippen LogP contribution in [0.3, 0.4) is 0 Å². The van der Waals surface area contributed by atoms with Crippen molar-refractivity contribution in [1.29, 1.82) is 5.26 Å². The lowest BCUT2D eigenvalue weighted by atomic mass is 10.0. The number of alkyl halides is 3. The van der Waals surface area contributed by atoms with E-state index < -0.39 is 12.6 Å². The Bertz CT molecular complexity index is 1710. The molecule has 0 amide bonds. The van der Waals surface area contributed by atoms with Crippen LogP contribution >= 0.6 is 11.3 Å². The number of piperidine rings is 1. The Morgan fingerprint density at radius 3 is 2.57 bits per heavy atom. The second kappa shape index (κ2) is 13.7. The molecule has 46 heavy (non-hydrogen) atoms. The summed E-state index contributed by atoms with van der Waals surface area (Å²) in [5, 5.41) is 21.8. The van der Waals surface area contributed by atoms with E-state index in [2.05, 4.69) is 72.3 Å². The van der Waals surface area contributed by atoms with E-state index in [0.29, 0.717) is 40.3 Å². The molecule has 2 aliphatic rings. The van der Waals surface area contributed by atoms with Crippen LogP contribution in [0.15, 0.2) is 24.3 Å². The number of rotatable bonds is 10. The zero-order valence-electron chi connectivity index (χ0n) is 26.7. The van der Waals surface area contributed by atoms with Gasteiger partial charge in [0, 0.05) is 86.8 Å². The monoisotopic (exact) mass is 653 g/mol. The molecular weight excluding hydrogens is 611 g/mol. The molecule has 4 aromatic rings. The number of nitrogens with zero attached hydrogens (tertiary/aromatic N) is 6. The Balaban J connectivity index is 1.12. The highest BCUT2D eigenvalue weighted by atomic mass is 32.1. The van der Waals surface area contributed by atoms with Crippen molar-refractivity contribution >= 4 is 44.2 Å². The van der Waals surface area contributed by atoms with Gasteiger partial charge in [-0.2, -0.15) is 23.4 Å². The van der Waals surface area contributed by atoms with Gasteiger partial charge in [-0.3, -0.25) is 9.80 Å². The van der Waals surface area contributed by atoms with Crippen LogP contribution < -0.4 is 16.0 Å². The van der Waals surface area contributed by atoms with Gasteiger partial charge in [0.25, 0.3) is 0 Å². The van der Waals surface area contributed by atoms with Gasteiger partial charge < -0.3 is 20.5 Å². The lowest BCUT2D eigenvalue weighted by molar-refractivity contribution is -0.126. The molecule has 246 valence electrons. The average Bonchev–Trinajstić information content (AvgIpc) is 3.60. The lowest BCUT2D eigenvalue weighted by Gasteiger charge is -2.33. The Morgan fingerprint density at radius 1 is 1.11 bits per heavy atom. The first-order chi connectivity index (χ1) is 22.1. The van der Waals surface area contributed by atoms with Crippen LogP contribution in [-0.4, -0.2) is 88.4 Å². The van der Waals surface area contributed by atoms with E-state index in [1.54, 1.807) is 6.07 Å². The molecule has 9 nitrogen and oxygen atoms in total. The first-order valence-corrected chi connectivity index (χ1v) is 17.0. The Morgan fingerprint density at radius 2 is 1.87 bits per heavy atom. The van der Waals surface area contributed by atoms with E-state index >= 15 is 0 Å². The predicted molar refractivity (Wildman–Crippen MR) is 179 cm³/mol. The van der Waals surface area contributed by atoms with Crippen molar-refractivity contribution in [3.63, 3.8) is 0 Å². The quantitative estimate of drug-likeness (QED) is 0.200. The summed E-state index contributed by atoms with van der Waals surface area (Å²) >= 11 is 1.07. The van der Waals surface area contributed by atoms with E-state index in [-0.39, 0.29) is 10.9 Å². The van der Waals surface area contributed by atoms with Crippen LogP contribution in [0.4, 0.5) is 24.9 Å². The highest BCUT2D eigenvalue weighted by molar-refractivity contribution is 7.18. The molecule has 0 bridgehead atoms. The van der Waals surface area contributed by atoms with E-state index in [1.807, 2.05) is 13.0 Å². The Kier molecular flexibility index (Phi) is 9.70. The minimum absolute atomic E-state index is 0.156. The van der Waals surface area contributed by atoms with Crippen molar-refractivity contribution in [2.45, 2.75) is 71.4 Å². The number of aromatic nitrogens is 3. The molecule has 3 N–H and O–H groups in total. The van der Waals surface area contributed by atoms with E-state index in [9.17, 15) is 18.4 Å². The zero-order valence-corrected chi connectivity index (χ0v) is 27.5. The van der Waals surface area contributed by atoms with Crippen molar-refractivity contribution in [1.82, 2.24) is 29.7 Å². The van der Waals surface area contributed by atoms with E-state index in [1.165, 1.54) is 11.1 Å². The summed E-state index contributed by atoms with van der Waals surface area (Å²) in [6, 6.07) is 10.9. The highest BCUT2D eigenvalue weighted by Crippen LogP contribution is 2.35. The van der Waals surface area contributed by atoms with Gasteiger partial charge in [0.2, 0.25) is 5.95 Å². The molecule has 0 aliphatic carbocycles. The number of nitrogens with one attached hydrogen (secondary N) is 3. The van der Waals surface area contributed by atoms with Gasteiger partial charge in [-0.1, -0.05) is 6.07 Å². The number of aryl methyl sites for hydroxylation is 1. The summed E-state index contributed by atoms with van der Waals surface area (Å²) in [7, 11) is 0. The molecule has 1 aromatic carbocycles. The Labute approximate surface area is 271 Å². The third-order valence-electron chi connectivity index (χ3n) is 9.28.